The van der Waals surface area contributed by atoms with E-state index in [1.54, 1.807) is 24.3 Å². The molecule has 1 unspecified atom stereocenters. The molecule has 8 nitrogen and oxygen atoms in total. The van der Waals surface area contributed by atoms with E-state index in [2.05, 4.69) is 9.97 Å². The summed E-state index contributed by atoms with van der Waals surface area (Å²) in [6.45, 7) is 1.07. The summed E-state index contributed by atoms with van der Waals surface area (Å²) in [4.78, 5) is 37.5. The maximum absolute atomic E-state index is 14.0. The summed E-state index contributed by atoms with van der Waals surface area (Å²) >= 11 is 0. The number of benzene rings is 2. The van der Waals surface area contributed by atoms with Crippen LogP contribution in [0.25, 0.3) is 11.0 Å². The highest BCUT2D eigenvalue weighted by Gasteiger charge is 2.20. The van der Waals surface area contributed by atoms with Gasteiger partial charge in [-0.2, -0.15) is 5.06 Å². The molecule has 0 bridgehead atoms. The van der Waals surface area contributed by atoms with Crippen molar-refractivity contribution in [3.63, 3.8) is 0 Å². The Morgan fingerprint density at radius 3 is 2.44 bits per heavy atom. The van der Waals surface area contributed by atoms with E-state index in [1.807, 2.05) is 6.07 Å². The molecule has 1 heterocycles. The first-order chi connectivity index (χ1) is 12.7. The van der Waals surface area contributed by atoms with Gasteiger partial charge in [0.25, 0.3) is 0 Å². The highest BCUT2D eigenvalue weighted by atomic mass is 31.2. The van der Waals surface area contributed by atoms with Crippen LogP contribution in [0.3, 0.4) is 0 Å². The molecule has 3 rings (SSSR count). The van der Waals surface area contributed by atoms with Crippen molar-refractivity contribution in [2.45, 2.75) is 13.1 Å². The lowest BCUT2D eigenvalue weighted by molar-refractivity contribution is -0.0823. The van der Waals surface area contributed by atoms with E-state index >= 15 is 0 Å². The third-order valence-corrected chi connectivity index (χ3v) is 4.23. The number of H-pyrrole nitrogens is 2. The molecule has 0 fully saturated rings. The van der Waals surface area contributed by atoms with Crippen molar-refractivity contribution in [1.82, 2.24) is 15.0 Å². The fourth-order valence-corrected chi connectivity index (χ4v) is 3.23. The summed E-state index contributed by atoms with van der Waals surface area (Å²) in [5.74, 6) is -0.636. The number of fused-ring (bicyclic) bond motifs is 1. The van der Waals surface area contributed by atoms with E-state index in [4.69, 9.17) is 4.62 Å². The third-order valence-electron chi connectivity index (χ3n) is 3.69. The van der Waals surface area contributed by atoms with Crippen molar-refractivity contribution in [2.24, 2.45) is 0 Å². The topological polar surface area (TPSA) is 115 Å². The molecule has 0 spiro atoms. The third kappa shape index (κ3) is 4.99. The first kappa shape index (κ1) is 19.2. The van der Waals surface area contributed by atoms with Crippen LogP contribution in [0, 0.1) is 5.82 Å². The Hall–Kier alpha value is -2.58. The van der Waals surface area contributed by atoms with Gasteiger partial charge in [0.1, 0.15) is 5.82 Å². The molecule has 27 heavy (non-hydrogen) atoms. The van der Waals surface area contributed by atoms with Crippen LogP contribution in [0.15, 0.2) is 52.1 Å². The number of hydroxylamine groups is 2. The predicted molar refractivity (Wildman–Crippen MR) is 97.7 cm³/mol. The Balaban J connectivity index is 2.02. The van der Waals surface area contributed by atoms with Crippen LogP contribution in [0.5, 0.6) is 0 Å². The van der Waals surface area contributed by atoms with Crippen LogP contribution in [-0.4, -0.2) is 26.6 Å². The summed E-state index contributed by atoms with van der Waals surface area (Å²) in [6, 6.07) is 11.3. The van der Waals surface area contributed by atoms with Gasteiger partial charge in [-0.25, -0.2) is 9.01 Å². The fourth-order valence-electron chi connectivity index (χ4n) is 2.69. The normalized spacial score (nSPS) is 13.8. The summed E-state index contributed by atoms with van der Waals surface area (Å²) in [5.41, 5.74) is -0.375. The zero-order valence-electron chi connectivity index (χ0n) is 14.3. The number of aromatic amines is 2. The first-order valence-corrected chi connectivity index (χ1v) is 9.97. The number of aromatic nitrogens is 2. The molecule has 1 atom stereocenters. The van der Waals surface area contributed by atoms with Crippen LogP contribution < -0.4 is 11.1 Å². The van der Waals surface area contributed by atoms with Gasteiger partial charge in [-0.1, -0.05) is 30.3 Å². The molecule has 0 saturated heterocycles. The van der Waals surface area contributed by atoms with Crippen molar-refractivity contribution in [3.05, 3.63) is 80.1 Å². The van der Waals surface area contributed by atoms with Gasteiger partial charge in [0.05, 0.1) is 17.6 Å². The average molecular weight is 393 g/mol. The summed E-state index contributed by atoms with van der Waals surface area (Å²) in [7, 11) is -3.88. The molecule has 0 amide bonds. The van der Waals surface area contributed by atoms with E-state index in [9.17, 15) is 23.4 Å². The van der Waals surface area contributed by atoms with Gasteiger partial charge >= 0.3 is 18.7 Å². The molecule has 0 radical (unpaired) electrons. The van der Waals surface area contributed by atoms with E-state index in [1.165, 1.54) is 5.06 Å². The monoisotopic (exact) mass is 393 g/mol. The van der Waals surface area contributed by atoms with Gasteiger partial charge < -0.3 is 14.9 Å². The molecule has 10 heteroatoms. The lowest BCUT2D eigenvalue weighted by Crippen LogP contribution is -2.30. The van der Waals surface area contributed by atoms with Crippen molar-refractivity contribution < 1.29 is 18.5 Å². The van der Waals surface area contributed by atoms with Crippen LogP contribution in [0.2, 0.25) is 0 Å². The van der Waals surface area contributed by atoms with Crippen molar-refractivity contribution in [1.29, 1.82) is 0 Å². The Morgan fingerprint density at radius 2 is 1.78 bits per heavy atom. The second-order valence-corrected chi connectivity index (χ2v) is 7.83. The molecule has 0 aliphatic carbocycles. The summed E-state index contributed by atoms with van der Waals surface area (Å²) < 4.78 is 30.9. The number of rotatable bonds is 6. The molecule has 0 aliphatic heterocycles. The van der Waals surface area contributed by atoms with Crippen molar-refractivity contribution in [3.8, 4) is 0 Å². The largest absolute Gasteiger partial charge is 0.341 e. The lowest BCUT2D eigenvalue weighted by atomic mass is 10.1. The number of hydrogen-bond acceptors (Lipinski definition) is 5. The first-order valence-electron chi connectivity index (χ1n) is 7.95. The van der Waals surface area contributed by atoms with Gasteiger partial charge in [-0.15, -0.1) is 0 Å². The Bertz CT molecular complexity index is 1120. The lowest BCUT2D eigenvalue weighted by Gasteiger charge is -2.23. The van der Waals surface area contributed by atoms with Crippen molar-refractivity contribution in [2.75, 3.05) is 6.66 Å². The molecular weight excluding hydrogens is 376 g/mol. The van der Waals surface area contributed by atoms with E-state index in [-0.39, 0.29) is 29.7 Å². The van der Waals surface area contributed by atoms with Crippen LogP contribution in [0.1, 0.15) is 11.1 Å². The van der Waals surface area contributed by atoms with E-state index in [0.29, 0.717) is 0 Å². The second kappa shape index (κ2) is 7.58. The van der Waals surface area contributed by atoms with Gasteiger partial charge in [-0.05, 0) is 23.3 Å². The van der Waals surface area contributed by atoms with Crippen LogP contribution >= 0.6 is 7.60 Å². The van der Waals surface area contributed by atoms with E-state index in [0.717, 1.165) is 24.4 Å². The van der Waals surface area contributed by atoms with Crippen LogP contribution in [-0.2, 0) is 22.3 Å². The molecule has 3 N–H and O–H groups in total. The maximum atomic E-state index is 14.0. The predicted octanol–water partition coefficient (Wildman–Crippen LogP) is 2.10. The van der Waals surface area contributed by atoms with Crippen molar-refractivity contribution >= 4 is 18.6 Å². The highest BCUT2D eigenvalue weighted by molar-refractivity contribution is 7.51. The standard InChI is InChI=1S/C17H17FN3O5P/c1-27(24,25)26-21(9-11-5-3-2-4-6-11)10-12-7-13(18)8-14-15(12)20-17(23)16(22)19-14/h2-8H,9-10H2,1H3,(H,19,22)(H,20,23)(H,24,25). The van der Waals surface area contributed by atoms with Gasteiger partial charge in [0.15, 0.2) is 0 Å². The molecule has 3 aromatic rings. The highest BCUT2D eigenvalue weighted by Crippen LogP contribution is 2.39. The Kier molecular flexibility index (Phi) is 5.38. The quantitative estimate of drug-likeness (QED) is 0.336. The smallest absolute Gasteiger partial charge is 0.324 e. The fraction of sp³-hybridized carbons (Fsp3) is 0.176. The van der Waals surface area contributed by atoms with E-state index < -0.39 is 24.5 Å². The summed E-state index contributed by atoms with van der Waals surface area (Å²) in [6.07, 6.45) is 0. The molecule has 0 saturated carbocycles. The molecule has 1 aromatic heterocycles. The van der Waals surface area contributed by atoms with Gasteiger partial charge in [-0.3, -0.25) is 14.2 Å². The molecular formula is C17H17FN3O5P. The molecule has 2 aromatic carbocycles. The maximum Gasteiger partial charge on any atom is 0.341 e. The Labute approximate surface area is 152 Å². The minimum atomic E-state index is -3.88. The second-order valence-electron chi connectivity index (χ2n) is 6.06. The minimum absolute atomic E-state index is 0.108. The van der Waals surface area contributed by atoms with Crippen LogP contribution in [0.4, 0.5) is 4.39 Å². The number of hydrogen-bond donors (Lipinski definition) is 3. The summed E-state index contributed by atoms with van der Waals surface area (Å²) in [5, 5.41) is 1.20. The molecule has 142 valence electrons. The average Bonchev–Trinajstić information content (AvgIpc) is 2.56. The number of nitrogens with one attached hydrogen (secondary N) is 2. The molecule has 0 aliphatic rings. The zero-order chi connectivity index (χ0) is 19.6. The zero-order valence-corrected chi connectivity index (χ0v) is 15.2. The minimum Gasteiger partial charge on any atom is -0.324 e. The Morgan fingerprint density at radius 1 is 1.11 bits per heavy atom. The number of nitrogens with zero attached hydrogens (tertiary/aromatic N) is 1. The SMILES string of the molecule is CP(=O)(O)ON(Cc1ccccc1)Cc1cc(F)cc2[nH]c(=O)c(=O)[nH]c12. The number of halogens is 1. The van der Waals surface area contributed by atoms with Gasteiger partial charge in [0, 0.05) is 13.2 Å². The van der Waals surface area contributed by atoms with Gasteiger partial charge in [0.2, 0.25) is 0 Å².